The van der Waals surface area contributed by atoms with E-state index < -0.39 is 0 Å². The molecule has 3 aromatic rings. The van der Waals surface area contributed by atoms with E-state index in [4.69, 9.17) is 9.47 Å². The topological polar surface area (TPSA) is 18.5 Å². The molecule has 0 saturated heterocycles. The lowest BCUT2D eigenvalue weighted by Gasteiger charge is -2.23. The van der Waals surface area contributed by atoms with Crippen molar-refractivity contribution in [1.29, 1.82) is 0 Å². The summed E-state index contributed by atoms with van der Waals surface area (Å²) >= 11 is 0. The lowest BCUT2D eigenvalue weighted by molar-refractivity contribution is -0.0875. The normalized spacial score (nSPS) is 14.6. The van der Waals surface area contributed by atoms with E-state index in [1.807, 2.05) is 0 Å². The summed E-state index contributed by atoms with van der Waals surface area (Å²) in [5.41, 5.74) is 6.75. The monoisotopic (exact) mass is 428 g/mol. The Balaban J connectivity index is 1.47. The van der Waals surface area contributed by atoms with Crippen molar-refractivity contribution in [3.63, 3.8) is 0 Å². The molecule has 1 aliphatic rings. The van der Waals surface area contributed by atoms with E-state index in [0.717, 1.165) is 25.0 Å². The molecule has 0 aliphatic heterocycles. The van der Waals surface area contributed by atoms with Crippen molar-refractivity contribution in [3.8, 4) is 16.9 Å². The number of unbranched alkanes of at least 4 members (excludes halogenated alkanes) is 2. The van der Waals surface area contributed by atoms with Crippen LogP contribution in [0.25, 0.3) is 11.1 Å². The summed E-state index contributed by atoms with van der Waals surface area (Å²) in [5.74, 6) is 1.72. The van der Waals surface area contributed by atoms with E-state index in [2.05, 4.69) is 93.6 Å². The maximum Gasteiger partial charge on any atom is 0.199 e. The van der Waals surface area contributed by atoms with Gasteiger partial charge in [-0.2, -0.15) is 0 Å². The number of rotatable bonds is 11. The minimum absolute atomic E-state index is 0.226. The molecular formula is C30H36O2. The SMILES string of the molecule is CCCCCC(OCC1c2ccccc2-c2ccccc21)Oc1ccc(C(C)CC)cc1. The maximum atomic E-state index is 6.47. The standard InChI is InChI=1S/C30H36O2/c1-4-6-7-16-30(32-24-19-17-23(18-20-24)22(3)5-2)31-21-29-27-14-10-8-12-25(27)26-13-9-11-15-28(26)29/h8-15,17-20,22,29-30H,4-7,16,21H2,1-3H3. The van der Waals surface area contributed by atoms with E-state index in [0.29, 0.717) is 12.5 Å². The molecule has 0 N–H and O–H groups in total. The average molecular weight is 429 g/mol. The van der Waals surface area contributed by atoms with Gasteiger partial charge in [0.05, 0.1) is 6.61 Å². The maximum absolute atomic E-state index is 6.47. The van der Waals surface area contributed by atoms with Crippen LogP contribution in [0.1, 0.15) is 81.4 Å². The lowest BCUT2D eigenvalue weighted by Crippen LogP contribution is -2.23. The number of benzene rings is 3. The van der Waals surface area contributed by atoms with E-state index in [-0.39, 0.29) is 12.2 Å². The lowest BCUT2D eigenvalue weighted by atomic mass is 9.98. The third-order valence-corrected chi connectivity index (χ3v) is 6.78. The Morgan fingerprint density at radius 2 is 1.41 bits per heavy atom. The highest BCUT2D eigenvalue weighted by Gasteiger charge is 2.29. The number of hydrogen-bond donors (Lipinski definition) is 0. The van der Waals surface area contributed by atoms with Crippen LogP contribution in [-0.4, -0.2) is 12.9 Å². The Morgan fingerprint density at radius 1 is 0.781 bits per heavy atom. The van der Waals surface area contributed by atoms with Crippen molar-refractivity contribution in [3.05, 3.63) is 89.5 Å². The molecule has 4 rings (SSSR count). The van der Waals surface area contributed by atoms with Crippen LogP contribution in [0.5, 0.6) is 5.75 Å². The molecule has 0 radical (unpaired) electrons. The first-order chi connectivity index (χ1) is 15.7. The smallest absolute Gasteiger partial charge is 0.199 e. The fourth-order valence-corrected chi connectivity index (χ4v) is 4.64. The van der Waals surface area contributed by atoms with Crippen LogP contribution >= 0.6 is 0 Å². The summed E-state index contributed by atoms with van der Waals surface area (Å²) < 4.78 is 12.8. The van der Waals surface area contributed by atoms with Crippen LogP contribution in [0.3, 0.4) is 0 Å². The van der Waals surface area contributed by atoms with E-state index >= 15 is 0 Å². The van der Waals surface area contributed by atoms with Gasteiger partial charge in [-0.3, -0.25) is 0 Å². The minimum atomic E-state index is -0.226. The van der Waals surface area contributed by atoms with Crippen molar-refractivity contribution >= 4 is 0 Å². The van der Waals surface area contributed by atoms with Crippen LogP contribution in [0.2, 0.25) is 0 Å². The Bertz CT molecular complexity index is 946. The first-order valence-electron chi connectivity index (χ1n) is 12.3. The van der Waals surface area contributed by atoms with Gasteiger partial charge < -0.3 is 9.47 Å². The molecule has 32 heavy (non-hydrogen) atoms. The summed E-state index contributed by atoms with van der Waals surface area (Å²) in [6, 6.07) is 26.0. The molecule has 0 saturated carbocycles. The third kappa shape index (κ3) is 5.07. The molecule has 1 aliphatic carbocycles. The molecule has 0 heterocycles. The zero-order valence-corrected chi connectivity index (χ0v) is 19.7. The summed E-state index contributed by atoms with van der Waals surface area (Å²) in [6.45, 7) is 7.36. The van der Waals surface area contributed by atoms with E-state index in [9.17, 15) is 0 Å². The third-order valence-electron chi connectivity index (χ3n) is 6.78. The summed E-state index contributed by atoms with van der Waals surface area (Å²) in [5, 5.41) is 0. The minimum Gasteiger partial charge on any atom is -0.465 e. The highest BCUT2D eigenvalue weighted by atomic mass is 16.7. The Hall–Kier alpha value is -2.58. The second-order valence-corrected chi connectivity index (χ2v) is 8.98. The molecule has 2 heteroatoms. The summed E-state index contributed by atoms with van der Waals surface area (Å²) in [7, 11) is 0. The van der Waals surface area contributed by atoms with Gasteiger partial charge in [0.1, 0.15) is 5.75 Å². The zero-order chi connectivity index (χ0) is 22.3. The molecule has 0 fully saturated rings. The van der Waals surface area contributed by atoms with E-state index in [1.165, 1.54) is 40.7 Å². The van der Waals surface area contributed by atoms with E-state index in [1.54, 1.807) is 0 Å². The predicted molar refractivity (Wildman–Crippen MR) is 133 cm³/mol. The van der Waals surface area contributed by atoms with Crippen LogP contribution in [0, 0.1) is 0 Å². The van der Waals surface area contributed by atoms with Crippen molar-refractivity contribution in [2.75, 3.05) is 6.61 Å². The van der Waals surface area contributed by atoms with Crippen molar-refractivity contribution < 1.29 is 9.47 Å². The highest BCUT2D eigenvalue weighted by Crippen LogP contribution is 2.44. The second-order valence-electron chi connectivity index (χ2n) is 8.98. The van der Waals surface area contributed by atoms with Gasteiger partial charge in [0, 0.05) is 12.3 Å². The first-order valence-corrected chi connectivity index (χ1v) is 12.3. The van der Waals surface area contributed by atoms with Gasteiger partial charge in [-0.25, -0.2) is 0 Å². The number of fused-ring (bicyclic) bond motifs is 3. The number of ether oxygens (including phenoxy) is 2. The fraction of sp³-hybridized carbons (Fsp3) is 0.400. The van der Waals surface area contributed by atoms with Crippen molar-refractivity contribution in [1.82, 2.24) is 0 Å². The molecule has 0 bridgehead atoms. The number of hydrogen-bond acceptors (Lipinski definition) is 2. The molecule has 168 valence electrons. The molecule has 2 nitrogen and oxygen atoms in total. The molecule has 0 aromatic heterocycles. The second kappa shape index (κ2) is 10.8. The molecule has 3 aromatic carbocycles. The Kier molecular flexibility index (Phi) is 7.65. The van der Waals surface area contributed by atoms with Gasteiger partial charge in [-0.1, -0.05) is 94.3 Å². The molecular weight excluding hydrogens is 392 g/mol. The van der Waals surface area contributed by atoms with Crippen LogP contribution in [0.15, 0.2) is 72.8 Å². The van der Waals surface area contributed by atoms with Gasteiger partial charge in [-0.15, -0.1) is 0 Å². The summed E-state index contributed by atoms with van der Waals surface area (Å²) in [6.07, 6.45) is 5.34. The zero-order valence-electron chi connectivity index (χ0n) is 19.7. The average Bonchev–Trinajstić information content (AvgIpc) is 3.16. The first kappa shape index (κ1) is 22.6. The predicted octanol–water partition coefficient (Wildman–Crippen LogP) is 8.31. The Morgan fingerprint density at radius 3 is 2.00 bits per heavy atom. The molecule has 0 spiro atoms. The fourth-order valence-electron chi connectivity index (χ4n) is 4.64. The van der Waals surface area contributed by atoms with Gasteiger partial charge >= 0.3 is 0 Å². The van der Waals surface area contributed by atoms with Gasteiger partial charge in [0.2, 0.25) is 0 Å². The Labute approximate surface area is 193 Å². The van der Waals surface area contributed by atoms with Crippen molar-refractivity contribution in [2.45, 2.75) is 71.0 Å². The molecule has 2 unspecified atom stereocenters. The van der Waals surface area contributed by atoms with Gasteiger partial charge in [0.25, 0.3) is 0 Å². The van der Waals surface area contributed by atoms with Crippen molar-refractivity contribution in [2.24, 2.45) is 0 Å². The van der Waals surface area contributed by atoms with Gasteiger partial charge in [0.15, 0.2) is 6.29 Å². The molecule has 0 amide bonds. The van der Waals surface area contributed by atoms with Crippen LogP contribution < -0.4 is 4.74 Å². The summed E-state index contributed by atoms with van der Waals surface area (Å²) in [4.78, 5) is 0. The van der Waals surface area contributed by atoms with Crippen LogP contribution in [0.4, 0.5) is 0 Å². The largest absolute Gasteiger partial charge is 0.465 e. The van der Waals surface area contributed by atoms with Gasteiger partial charge in [-0.05, 0) is 58.7 Å². The highest BCUT2D eigenvalue weighted by molar-refractivity contribution is 5.78. The van der Waals surface area contributed by atoms with Crippen LogP contribution in [-0.2, 0) is 4.74 Å². The quantitative estimate of drug-likeness (QED) is 0.226. The molecule has 2 atom stereocenters.